The topological polar surface area (TPSA) is 153 Å². The number of rotatable bonds is 7. The molecule has 1 heterocycles. The molecule has 0 amide bonds. The van der Waals surface area contributed by atoms with Gasteiger partial charge in [-0.2, -0.15) is 0 Å². The standard InChI is InChI=1S/C23H22Br2N2O3S.C4H4O4/c1-14-19(24)9-15(10-20(14)25)11-21-18-13-22(23(28)12-16(18)7-8-26-21)27-31(29,30)17-5-3-2-4-6-17;5-3(6)1-2-4(7)8/h2-6,9-10,12-13,21,26-28H,7-8,11H2,1H3;1-2H,(H,5,6)(H,7,8)/b;2-1+. The lowest BCUT2D eigenvalue weighted by Gasteiger charge is -2.28. The molecule has 0 fully saturated rings. The highest BCUT2D eigenvalue weighted by molar-refractivity contribution is 9.11. The van der Waals surface area contributed by atoms with Crippen LogP contribution in [0.3, 0.4) is 0 Å². The Balaban J connectivity index is 0.000000459. The molecule has 9 nitrogen and oxygen atoms in total. The summed E-state index contributed by atoms with van der Waals surface area (Å²) in [6, 6.07) is 15.8. The van der Waals surface area contributed by atoms with Crippen LogP contribution in [0.5, 0.6) is 5.75 Å². The number of carboxylic acid groups (broad SMARTS) is 2. The summed E-state index contributed by atoms with van der Waals surface area (Å²) in [5, 5.41) is 29.6. The molecule has 206 valence electrons. The summed E-state index contributed by atoms with van der Waals surface area (Å²) in [5.41, 5.74) is 4.48. The molecule has 1 aliphatic rings. The van der Waals surface area contributed by atoms with Crippen LogP contribution >= 0.6 is 31.9 Å². The number of sulfonamides is 1. The fourth-order valence-electron chi connectivity index (χ4n) is 3.94. The van der Waals surface area contributed by atoms with Gasteiger partial charge in [-0.25, -0.2) is 18.0 Å². The maximum Gasteiger partial charge on any atom is 0.328 e. The van der Waals surface area contributed by atoms with E-state index in [0.29, 0.717) is 12.2 Å². The maximum atomic E-state index is 12.8. The third kappa shape index (κ3) is 8.40. The molecule has 4 rings (SSSR count). The van der Waals surface area contributed by atoms with Gasteiger partial charge >= 0.3 is 11.9 Å². The highest BCUT2D eigenvalue weighted by Crippen LogP contribution is 2.36. The predicted octanol–water partition coefficient (Wildman–Crippen LogP) is 5.17. The number of hydrogen-bond donors (Lipinski definition) is 5. The van der Waals surface area contributed by atoms with Crippen molar-refractivity contribution in [1.29, 1.82) is 0 Å². The molecule has 0 spiro atoms. The molecule has 12 heteroatoms. The second-order valence-electron chi connectivity index (χ2n) is 8.64. The number of fused-ring (bicyclic) bond motifs is 1. The van der Waals surface area contributed by atoms with E-state index < -0.39 is 22.0 Å². The Kier molecular flexibility index (Phi) is 10.3. The van der Waals surface area contributed by atoms with Crippen LogP contribution in [0, 0.1) is 6.92 Å². The third-order valence-corrected chi connectivity index (χ3v) is 8.89. The number of aromatic hydroxyl groups is 1. The largest absolute Gasteiger partial charge is 0.506 e. The summed E-state index contributed by atoms with van der Waals surface area (Å²) < 4.78 is 30.1. The lowest BCUT2D eigenvalue weighted by molar-refractivity contribution is -0.134. The van der Waals surface area contributed by atoms with Gasteiger partial charge in [-0.3, -0.25) is 4.72 Å². The fourth-order valence-corrected chi connectivity index (χ4v) is 6.31. The predicted molar refractivity (Wildman–Crippen MR) is 154 cm³/mol. The molecular weight excluding hydrogens is 656 g/mol. The SMILES string of the molecule is Cc1c(Br)cc(CC2NCCc3cc(O)c(NS(=O)(=O)c4ccccc4)cc32)cc1Br.O=C(O)/C=C/C(=O)O. The van der Waals surface area contributed by atoms with Crippen LogP contribution in [0.1, 0.15) is 28.3 Å². The first-order chi connectivity index (χ1) is 18.4. The van der Waals surface area contributed by atoms with Gasteiger partial charge in [0.15, 0.2) is 0 Å². The van der Waals surface area contributed by atoms with E-state index in [1.807, 2.05) is 6.92 Å². The average Bonchev–Trinajstić information content (AvgIpc) is 2.87. The maximum absolute atomic E-state index is 12.8. The molecule has 1 aliphatic heterocycles. The zero-order chi connectivity index (χ0) is 28.7. The van der Waals surface area contributed by atoms with Gasteiger partial charge in [0.2, 0.25) is 0 Å². The molecule has 0 saturated carbocycles. The number of carboxylic acids is 2. The molecule has 3 aromatic carbocycles. The zero-order valence-corrected chi connectivity index (χ0v) is 24.7. The monoisotopic (exact) mass is 680 g/mol. The van der Waals surface area contributed by atoms with Crippen molar-refractivity contribution in [3.8, 4) is 5.75 Å². The van der Waals surface area contributed by atoms with Crippen LogP contribution in [0.2, 0.25) is 0 Å². The van der Waals surface area contributed by atoms with Crippen LogP contribution in [0.4, 0.5) is 5.69 Å². The van der Waals surface area contributed by atoms with Crippen LogP contribution in [0.25, 0.3) is 0 Å². The Bertz CT molecular complexity index is 1470. The van der Waals surface area contributed by atoms with Gasteiger partial charge in [0.05, 0.1) is 10.6 Å². The van der Waals surface area contributed by atoms with Crippen molar-refractivity contribution < 1.29 is 33.3 Å². The minimum Gasteiger partial charge on any atom is -0.506 e. The number of halogens is 2. The van der Waals surface area contributed by atoms with Gasteiger partial charge in [0.25, 0.3) is 10.0 Å². The minimum absolute atomic E-state index is 0.00540. The van der Waals surface area contributed by atoms with Crippen LogP contribution in [-0.2, 0) is 32.5 Å². The summed E-state index contributed by atoms with van der Waals surface area (Å²) in [7, 11) is -3.80. The van der Waals surface area contributed by atoms with E-state index in [9.17, 15) is 23.1 Å². The van der Waals surface area contributed by atoms with Gasteiger partial charge in [-0.1, -0.05) is 50.1 Å². The quantitative estimate of drug-likeness (QED) is 0.169. The van der Waals surface area contributed by atoms with Crippen molar-refractivity contribution in [2.45, 2.75) is 30.7 Å². The van der Waals surface area contributed by atoms with Gasteiger partial charge in [-0.05, 0) is 85.0 Å². The lowest BCUT2D eigenvalue weighted by atomic mass is 9.89. The molecule has 1 unspecified atom stereocenters. The van der Waals surface area contributed by atoms with Crippen molar-refractivity contribution in [3.05, 3.63) is 97.9 Å². The molecule has 5 N–H and O–H groups in total. The van der Waals surface area contributed by atoms with Crippen molar-refractivity contribution in [1.82, 2.24) is 5.32 Å². The number of hydrogen-bond acceptors (Lipinski definition) is 6. The van der Waals surface area contributed by atoms with Crippen LogP contribution in [0.15, 0.2) is 80.6 Å². The summed E-state index contributed by atoms with van der Waals surface area (Å²) >= 11 is 7.22. The third-order valence-electron chi connectivity index (χ3n) is 5.86. The van der Waals surface area contributed by atoms with Crippen LogP contribution < -0.4 is 10.0 Å². The molecule has 0 saturated heterocycles. The number of phenolic OH excluding ortho intramolecular Hbond substituents is 1. The summed E-state index contributed by atoms with van der Waals surface area (Å²) in [6.45, 7) is 2.83. The van der Waals surface area contributed by atoms with E-state index in [-0.39, 0.29) is 22.4 Å². The van der Waals surface area contributed by atoms with E-state index in [1.54, 1.807) is 30.3 Å². The number of aliphatic carboxylic acids is 2. The van der Waals surface area contributed by atoms with E-state index >= 15 is 0 Å². The highest BCUT2D eigenvalue weighted by Gasteiger charge is 2.24. The van der Waals surface area contributed by atoms with Crippen molar-refractivity contribution in [3.63, 3.8) is 0 Å². The second kappa shape index (κ2) is 13.2. The van der Waals surface area contributed by atoms with E-state index in [1.165, 1.54) is 12.1 Å². The second-order valence-corrected chi connectivity index (χ2v) is 12.0. The van der Waals surface area contributed by atoms with Gasteiger partial charge in [0.1, 0.15) is 5.75 Å². The number of phenols is 1. The van der Waals surface area contributed by atoms with E-state index in [0.717, 1.165) is 50.6 Å². The molecule has 0 aliphatic carbocycles. The van der Waals surface area contributed by atoms with Crippen molar-refractivity contribution >= 4 is 59.5 Å². The average molecular weight is 682 g/mol. The first-order valence-electron chi connectivity index (χ1n) is 11.6. The molecule has 0 radical (unpaired) electrons. The van der Waals surface area contributed by atoms with Gasteiger partial charge in [-0.15, -0.1) is 0 Å². The highest BCUT2D eigenvalue weighted by atomic mass is 79.9. The molecule has 0 aromatic heterocycles. The molecule has 39 heavy (non-hydrogen) atoms. The first kappa shape index (κ1) is 30.4. The van der Waals surface area contributed by atoms with E-state index in [4.69, 9.17) is 10.2 Å². The Morgan fingerprint density at radius 3 is 2.18 bits per heavy atom. The number of carbonyl (C=O) groups is 2. The Labute approximate surface area is 242 Å². The minimum atomic E-state index is -3.80. The Morgan fingerprint density at radius 1 is 1.03 bits per heavy atom. The smallest absolute Gasteiger partial charge is 0.328 e. The number of benzene rings is 3. The fraction of sp³-hybridized carbons (Fsp3) is 0.185. The number of nitrogens with one attached hydrogen (secondary N) is 2. The Hall–Kier alpha value is -3.19. The first-order valence-corrected chi connectivity index (χ1v) is 14.7. The molecular formula is C27H26Br2N2O7S. The van der Waals surface area contributed by atoms with Crippen LogP contribution in [-0.4, -0.2) is 42.2 Å². The van der Waals surface area contributed by atoms with Crippen molar-refractivity contribution in [2.75, 3.05) is 11.3 Å². The van der Waals surface area contributed by atoms with E-state index in [2.05, 4.69) is 54.0 Å². The zero-order valence-electron chi connectivity index (χ0n) is 20.7. The van der Waals surface area contributed by atoms with Gasteiger partial charge < -0.3 is 20.6 Å². The van der Waals surface area contributed by atoms with Crippen molar-refractivity contribution in [2.24, 2.45) is 0 Å². The summed E-state index contributed by atoms with van der Waals surface area (Å²) in [5.74, 6) is -2.58. The summed E-state index contributed by atoms with van der Waals surface area (Å²) in [6.07, 6.45) is 2.62. The lowest BCUT2D eigenvalue weighted by Crippen LogP contribution is -2.31. The molecule has 0 bridgehead atoms. The summed E-state index contributed by atoms with van der Waals surface area (Å²) in [4.78, 5) is 19.3. The number of anilines is 1. The molecule has 3 aromatic rings. The molecule has 1 atom stereocenters. The van der Waals surface area contributed by atoms with Gasteiger partial charge in [0, 0.05) is 27.1 Å². The Morgan fingerprint density at radius 2 is 1.62 bits per heavy atom. The normalized spacial score (nSPS) is 14.7.